The lowest BCUT2D eigenvalue weighted by Crippen LogP contribution is -2.52. The molecule has 15 heteroatoms. The summed E-state index contributed by atoms with van der Waals surface area (Å²) in [7, 11) is 1.43. The Morgan fingerprint density at radius 2 is 1.63 bits per heavy atom. The molecule has 4 atom stereocenters. The Hall–Kier alpha value is -5.73. The van der Waals surface area contributed by atoms with Crippen molar-refractivity contribution in [1.29, 1.82) is 0 Å². The average Bonchev–Trinajstić information content (AvgIpc) is 3.50. The molecule has 0 aliphatic carbocycles. The molecule has 2 aliphatic rings. The Bertz CT molecular complexity index is 1670. The van der Waals surface area contributed by atoms with Crippen LogP contribution in [0.2, 0.25) is 0 Å². The van der Waals surface area contributed by atoms with E-state index in [1.54, 1.807) is 24.3 Å². The van der Waals surface area contributed by atoms with Gasteiger partial charge in [0, 0.05) is 69.5 Å². The minimum atomic E-state index is -0.851. The maximum atomic E-state index is 13.2. The van der Waals surface area contributed by atoms with Crippen molar-refractivity contribution in [3.8, 4) is 0 Å². The molecule has 59 heavy (non-hydrogen) atoms. The van der Waals surface area contributed by atoms with Gasteiger partial charge in [-0.1, -0.05) is 82.2 Å². The van der Waals surface area contributed by atoms with E-state index in [1.165, 1.54) is 36.4 Å². The number of allylic oxidation sites excluding steroid dienone is 5. The van der Waals surface area contributed by atoms with Gasteiger partial charge < -0.3 is 35.5 Å². The molecule has 0 bridgehead atoms. The van der Waals surface area contributed by atoms with E-state index >= 15 is 0 Å². The van der Waals surface area contributed by atoms with Gasteiger partial charge in [0.1, 0.15) is 18.2 Å². The minimum absolute atomic E-state index is 0.0373. The molecule has 0 radical (unpaired) electrons. The first kappa shape index (κ1) is 49.4. The second-order valence-corrected chi connectivity index (χ2v) is 15.3. The van der Waals surface area contributed by atoms with Crippen LogP contribution in [-0.2, 0) is 43.0 Å². The van der Waals surface area contributed by atoms with Crippen molar-refractivity contribution < 1.29 is 47.8 Å². The summed E-state index contributed by atoms with van der Waals surface area (Å²) in [5, 5.41) is 11.0. The fourth-order valence-electron chi connectivity index (χ4n) is 5.93. The smallest absolute Gasteiger partial charge is 0.407 e. The molecule has 4 N–H and O–H groups in total. The molecular formula is C44H63N5O10. The summed E-state index contributed by atoms with van der Waals surface area (Å²) >= 11 is 0. The summed E-state index contributed by atoms with van der Waals surface area (Å²) in [6.07, 6.45) is 22.3. The third kappa shape index (κ3) is 19.5. The van der Waals surface area contributed by atoms with Crippen molar-refractivity contribution in [2.45, 2.75) is 111 Å². The van der Waals surface area contributed by atoms with Gasteiger partial charge in [0.05, 0.1) is 7.11 Å². The SMILES string of the molecule is CC=CCC(CC=CNC(=O)C(NC(=O)C=CC=CC(C)=CC(C)C1CC=C(OC)C(=O)O1)C(C)(C)C)OC(=O)NCCCNC(=O)CCCCCN1C(=O)C=CC1=O. The molecule has 0 aromatic rings. The third-order valence-corrected chi connectivity index (χ3v) is 9.24. The van der Waals surface area contributed by atoms with Crippen LogP contribution in [0.1, 0.15) is 92.9 Å². The van der Waals surface area contributed by atoms with E-state index in [0.717, 1.165) is 5.57 Å². The van der Waals surface area contributed by atoms with Gasteiger partial charge in [-0.05, 0) is 50.8 Å². The highest BCUT2D eigenvalue weighted by Gasteiger charge is 2.32. The first-order valence-electron chi connectivity index (χ1n) is 20.2. The number of carbonyl (C=O) groups excluding carboxylic acids is 7. The third-order valence-electron chi connectivity index (χ3n) is 9.24. The van der Waals surface area contributed by atoms with Gasteiger partial charge >= 0.3 is 12.1 Å². The van der Waals surface area contributed by atoms with E-state index in [-0.39, 0.29) is 35.5 Å². The zero-order valence-corrected chi connectivity index (χ0v) is 35.5. The molecular weight excluding hydrogens is 759 g/mol. The topological polar surface area (TPSA) is 199 Å². The second-order valence-electron chi connectivity index (χ2n) is 15.3. The molecule has 2 heterocycles. The fourth-order valence-corrected chi connectivity index (χ4v) is 5.93. The van der Waals surface area contributed by atoms with E-state index in [1.807, 2.05) is 65.8 Å². The molecule has 0 spiro atoms. The van der Waals surface area contributed by atoms with E-state index < -0.39 is 41.4 Å². The number of ether oxygens (including phenoxy) is 3. The molecule has 4 unspecified atom stereocenters. The van der Waals surface area contributed by atoms with E-state index in [9.17, 15) is 33.6 Å². The number of imide groups is 1. The van der Waals surface area contributed by atoms with Gasteiger partial charge in [0.2, 0.25) is 17.7 Å². The zero-order valence-electron chi connectivity index (χ0n) is 35.5. The van der Waals surface area contributed by atoms with Crippen LogP contribution < -0.4 is 21.3 Å². The quantitative estimate of drug-likeness (QED) is 0.0253. The maximum absolute atomic E-state index is 13.2. The Morgan fingerprint density at radius 3 is 2.29 bits per heavy atom. The van der Waals surface area contributed by atoms with Crippen LogP contribution >= 0.6 is 0 Å². The number of nitrogens with zero attached hydrogens (tertiary/aromatic N) is 1. The van der Waals surface area contributed by atoms with Gasteiger partial charge in [-0.25, -0.2) is 9.59 Å². The number of carbonyl (C=O) groups is 7. The molecule has 6 amide bonds. The average molecular weight is 822 g/mol. The van der Waals surface area contributed by atoms with Crippen LogP contribution in [0.3, 0.4) is 0 Å². The van der Waals surface area contributed by atoms with Crippen molar-refractivity contribution in [3.63, 3.8) is 0 Å². The molecule has 0 aromatic heterocycles. The number of unbranched alkanes of at least 4 members (excludes halogenated alkanes) is 2. The Balaban J connectivity index is 1.73. The fraction of sp³-hybridized carbons (Fsp3) is 0.523. The number of hydrogen-bond acceptors (Lipinski definition) is 10. The summed E-state index contributed by atoms with van der Waals surface area (Å²) in [5.41, 5.74) is 0.315. The number of methoxy groups -OCH3 is 1. The highest BCUT2D eigenvalue weighted by atomic mass is 16.6. The van der Waals surface area contributed by atoms with Gasteiger partial charge in [-0.2, -0.15) is 0 Å². The number of esters is 1. The molecule has 0 saturated heterocycles. The summed E-state index contributed by atoms with van der Waals surface area (Å²) in [6.45, 7) is 12.3. The van der Waals surface area contributed by atoms with Crippen molar-refractivity contribution in [3.05, 3.63) is 84.4 Å². The molecule has 0 aromatic carbocycles. The number of cyclic esters (lactones) is 1. The Kier molecular flexibility index (Phi) is 22.0. The van der Waals surface area contributed by atoms with Crippen LogP contribution in [0, 0.1) is 11.3 Å². The number of amides is 6. The van der Waals surface area contributed by atoms with Gasteiger partial charge in [-0.3, -0.25) is 28.9 Å². The summed E-state index contributed by atoms with van der Waals surface area (Å²) < 4.78 is 16.0. The predicted octanol–water partition coefficient (Wildman–Crippen LogP) is 5.13. The summed E-state index contributed by atoms with van der Waals surface area (Å²) in [6, 6.07) is -0.851. The van der Waals surface area contributed by atoms with Crippen LogP contribution in [0.15, 0.2) is 84.4 Å². The molecule has 15 nitrogen and oxygen atoms in total. The monoisotopic (exact) mass is 821 g/mol. The number of rotatable bonds is 24. The van der Waals surface area contributed by atoms with Crippen LogP contribution in [0.4, 0.5) is 4.79 Å². The highest BCUT2D eigenvalue weighted by Crippen LogP contribution is 2.23. The minimum Gasteiger partial charge on any atom is -0.490 e. The molecule has 2 rings (SSSR count). The van der Waals surface area contributed by atoms with Crippen molar-refractivity contribution in [2.75, 3.05) is 26.7 Å². The molecule has 324 valence electrons. The Morgan fingerprint density at radius 1 is 0.949 bits per heavy atom. The highest BCUT2D eigenvalue weighted by molar-refractivity contribution is 6.12. The van der Waals surface area contributed by atoms with Gasteiger partial charge in [0.15, 0.2) is 5.76 Å². The summed E-state index contributed by atoms with van der Waals surface area (Å²) in [4.78, 5) is 86.9. The van der Waals surface area contributed by atoms with Crippen molar-refractivity contribution in [2.24, 2.45) is 11.3 Å². The standard InChI is InChI=1S/C44H63N5O10/c1-8-9-18-33(58-43(56)47-28-16-27-45-36(50)20-11-10-14-29-49-38(52)24-25-39(49)53)19-15-26-46-41(54)40(44(4,5)6)48-37(51)21-13-12-17-31(2)30-32(3)34-22-23-35(57-7)42(55)59-34/h8-9,12-13,15,17,21,23-26,30,32-34,40H,10-11,14,16,18-20,22,27-29H2,1-7H3,(H,45,50)(H,46,54)(H,47,56)(H,48,51). The lowest BCUT2D eigenvalue weighted by molar-refractivity contribution is -0.151. The lowest BCUT2D eigenvalue weighted by atomic mass is 9.86. The second kappa shape index (κ2) is 26.3. The normalized spacial score (nSPS) is 17.6. The predicted molar refractivity (Wildman–Crippen MR) is 224 cm³/mol. The maximum Gasteiger partial charge on any atom is 0.407 e. The molecule has 0 fully saturated rings. The van der Waals surface area contributed by atoms with Gasteiger partial charge in [-0.15, -0.1) is 0 Å². The number of alkyl carbamates (subject to hydrolysis) is 1. The first-order chi connectivity index (χ1) is 28.0. The van der Waals surface area contributed by atoms with Crippen LogP contribution in [-0.4, -0.2) is 91.5 Å². The molecule has 0 saturated carbocycles. The van der Waals surface area contributed by atoms with Crippen molar-refractivity contribution in [1.82, 2.24) is 26.2 Å². The van der Waals surface area contributed by atoms with Gasteiger partial charge in [0.25, 0.3) is 11.8 Å². The lowest BCUT2D eigenvalue weighted by Gasteiger charge is -2.29. The van der Waals surface area contributed by atoms with Crippen molar-refractivity contribution >= 4 is 41.6 Å². The number of nitrogens with one attached hydrogen (secondary N) is 4. The van der Waals surface area contributed by atoms with E-state index in [2.05, 4.69) is 21.3 Å². The first-order valence-corrected chi connectivity index (χ1v) is 20.2. The number of hydrogen-bond donors (Lipinski definition) is 4. The van der Waals surface area contributed by atoms with E-state index in [4.69, 9.17) is 14.2 Å². The largest absolute Gasteiger partial charge is 0.490 e. The molecule has 2 aliphatic heterocycles. The zero-order chi connectivity index (χ0) is 43.8. The Labute approximate surface area is 348 Å². The summed E-state index contributed by atoms with van der Waals surface area (Å²) in [5.74, 6) is -1.87. The van der Waals surface area contributed by atoms with Crippen LogP contribution in [0.5, 0.6) is 0 Å². The van der Waals surface area contributed by atoms with E-state index in [0.29, 0.717) is 71.0 Å². The van der Waals surface area contributed by atoms with Crippen LogP contribution in [0.25, 0.3) is 0 Å².